The molecule has 0 aromatic heterocycles. The first-order valence-corrected chi connectivity index (χ1v) is 8.42. The van der Waals surface area contributed by atoms with Gasteiger partial charge in [0, 0.05) is 6.42 Å². The molecule has 0 heterocycles. The van der Waals surface area contributed by atoms with E-state index in [2.05, 4.69) is 6.92 Å². The molecule has 0 saturated heterocycles. The summed E-state index contributed by atoms with van der Waals surface area (Å²) in [5.74, 6) is 0. The molecule has 3 heteroatoms. The van der Waals surface area contributed by atoms with Gasteiger partial charge in [0.05, 0.1) is 12.7 Å². The summed E-state index contributed by atoms with van der Waals surface area (Å²) in [6, 6.07) is 0. The van der Waals surface area contributed by atoms with E-state index in [1.807, 2.05) is 0 Å². The third-order valence-corrected chi connectivity index (χ3v) is 3.85. The molecule has 0 rings (SSSR count). The van der Waals surface area contributed by atoms with E-state index in [1.165, 1.54) is 57.8 Å². The zero-order valence-electron chi connectivity index (χ0n) is 12.6. The largest absolute Gasteiger partial charge is 0.394 e. The van der Waals surface area contributed by atoms with Crippen molar-refractivity contribution < 1.29 is 10.2 Å². The standard InChI is InChI=1S/C16H32O2S/c1-2-3-4-5-6-7-8-9-10-11-12-16(19)13-15(18)14-17/h15,17-18H,2-14H2,1H3. The fraction of sp³-hybridized carbons (Fsp3) is 0.938. The minimum atomic E-state index is -0.657. The monoisotopic (exact) mass is 288 g/mol. The third kappa shape index (κ3) is 14.2. The zero-order chi connectivity index (χ0) is 14.3. The molecule has 0 amide bonds. The van der Waals surface area contributed by atoms with Gasteiger partial charge >= 0.3 is 0 Å². The van der Waals surface area contributed by atoms with Crippen LogP contribution in [0.4, 0.5) is 0 Å². The van der Waals surface area contributed by atoms with Gasteiger partial charge in [-0.05, 0) is 17.7 Å². The molecule has 19 heavy (non-hydrogen) atoms. The molecule has 114 valence electrons. The van der Waals surface area contributed by atoms with Crippen molar-refractivity contribution >= 4 is 17.1 Å². The lowest BCUT2D eigenvalue weighted by atomic mass is 10.0. The minimum absolute atomic E-state index is 0.182. The summed E-state index contributed by atoms with van der Waals surface area (Å²) in [4.78, 5) is 0.904. The molecule has 2 N–H and O–H groups in total. The second-order valence-electron chi connectivity index (χ2n) is 5.51. The van der Waals surface area contributed by atoms with Crippen LogP contribution in [0.1, 0.15) is 84.0 Å². The maximum absolute atomic E-state index is 9.25. The lowest BCUT2D eigenvalue weighted by Crippen LogP contribution is -2.16. The third-order valence-electron chi connectivity index (χ3n) is 3.48. The van der Waals surface area contributed by atoms with Crippen LogP contribution in [-0.4, -0.2) is 27.8 Å². The highest BCUT2D eigenvalue weighted by Gasteiger charge is 2.05. The van der Waals surface area contributed by atoms with Crippen molar-refractivity contribution in [2.75, 3.05) is 6.61 Å². The van der Waals surface area contributed by atoms with Crippen molar-refractivity contribution in [3.63, 3.8) is 0 Å². The number of hydrogen-bond donors (Lipinski definition) is 2. The number of aliphatic hydroxyl groups excluding tert-OH is 2. The van der Waals surface area contributed by atoms with Crippen LogP contribution < -0.4 is 0 Å². The summed E-state index contributed by atoms with van der Waals surface area (Å²) in [5, 5.41) is 18.0. The molecule has 0 aliphatic carbocycles. The van der Waals surface area contributed by atoms with Gasteiger partial charge in [0.1, 0.15) is 0 Å². The summed E-state index contributed by atoms with van der Waals surface area (Å²) in [6.07, 6.45) is 14.0. The lowest BCUT2D eigenvalue weighted by molar-refractivity contribution is 0.101. The van der Waals surface area contributed by atoms with Gasteiger partial charge in [-0.3, -0.25) is 0 Å². The Morgan fingerprint density at radius 1 is 0.895 bits per heavy atom. The number of rotatable bonds is 14. The maximum Gasteiger partial charge on any atom is 0.0816 e. The van der Waals surface area contributed by atoms with Gasteiger partial charge in [-0.25, -0.2) is 0 Å². The van der Waals surface area contributed by atoms with E-state index in [0.29, 0.717) is 6.42 Å². The van der Waals surface area contributed by atoms with E-state index in [4.69, 9.17) is 17.3 Å². The Balaban J connectivity index is 3.16. The van der Waals surface area contributed by atoms with Gasteiger partial charge in [0.2, 0.25) is 0 Å². The van der Waals surface area contributed by atoms with Crippen LogP contribution in [0.15, 0.2) is 0 Å². The summed E-state index contributed by atoms with van der Waals surface area (Å²) >= 11 is 5.19. The molecular formula is C16H32O2S. The Morgan fingerprint density at radius 3 is 1.84 bits per heavy atom. The molecule has 1 unspecified atom stereocenters. The number of aliphatic hydroxyl groups is 2. The molecule has 0 aromatic rings. The van der Waals surface area contributed by atoms with Crippen LogP contribution in [0.3, 0.4) is 0 Å². The minimum Gasteiger partial charge on any atom is -0.394 e. The molecule has 0 spiro atoms. The zero-order valence-corrected chi connectivity index (χ0v) is 13.4. The van der Waals surface area contributed by atoms with Crippen molar-refractivity contribution in [2.45, 2.75) is 90.1 Å². The van der Waals surface area contributed by atoms with Crippen LogP contribution in [0.25, 0.3) is 0 Å². The van der Waals surface area contributed by atoms with Crippen molar-refractivity contribution in [1.29, 1.82) is 0 Å². The molecule has 0 aliphatic rings. The van der Waals surface area contributed by atoms with E-state index in [0.717, 1.165) is 17.7 Å². The average Bonchev–Trinajstić information content (AvgIpc) is 2.40. The smallest absolute Gasteiger partial charge is 0.0816 e. The van der Waals surface area contributed by atoms with Crippen molar-refractivity contribution in [1.82, 2.24) is 0 Å². The summed E-state index contributed by atoms with van der Waals surface area (Å²) in [5.41, 5.74) is 0. The Labute approximate surface area is 124 Å². The first-order chi connectivity index (χ1) is 9.20. The molecule has 0 aliphatic heterocycles. The summed E-state index contributed by atoms with van der Waals surface area (Å²) < 4.78 is 0. The van der Waals surface area contributed by atoms with Crippen LogP contribution in [0, 0.1) is 0 Å². The van der Waals surface area contributed by atoms with E-state index in [9.17, 15) is 5.11 Å². The van der Waals surface area contributed by atoms with Gasteiger partial charge in [-0.15, -0.1) is 0 Å². The fourth-order valence-electron chi connectivity index (χ4n) is 2.24. The molecule has 1 atom stereocenters. The normalized spacial score (nSPS) is 12.6. The molecule has 0 radical (unpaired) electrons. The van der Waals surface area contributed by atoms with E-state index in [-0.39, 0.29) is 6.61 Å². The lowest BCUT2D eigenvalue weighted by Gasteiger charge is -2.08. The van der Waals surface area contributed by atoms with Crippen LogP contribution in [0.2, 0.25) is 0 Å². The van der Waals surface area contributed by atoms with Crippen LogP contribution in [0.5, 0.6) is 0 Å². The quantitative estimate of drug-likeness (QED) is 0.367. The summed E-state index contributed by atoms with van der Waals surface area (Å²) in [7, 11) is 0. The predicted molar refractivity (Wildman–Crippen MR) is 86.8 cm³/mol. The highest BCUT2D eigenvalue weighted by atomic mass is 32.1. The van der Waals surface area contributed by atoms with E-state index >= 15 is 0 Å². The topological polar surface area (TPSA) is 40.5 Å². The molecule has 0 fully saturated rings. The molecule has 0 bridgehead atoms. The number of thiocarbonyl (C=S) groups is 1. The first-order valence-electron chi connectivity index (χ1n) is 8.01. The van der Waals surface area contributed by atoms with Gasteiger partial charge < -0.3 is 10.2 Å². The Bertz CT molecular complexity index is 207. The van der Waals surface area contributed by atoms with E-state index in [1.54, 1.807) is 0 Å². The maximum atomic E-state index is 9.25. The molecular weight excluding hydrogens is 256 g/mol. The van der Waals surface area contributed by atoms with Gasteiger partial charge in [-0.2, -0.15) is 0 Å². The SMILES string of the molecule is CCCCCCCCCCCCC(=S)CC(O)CO. The second-order valence-corrected chi connectivity index (χ2v) is 6.09. The predicted octanol–water partition coefficient (Wildman–Crippen LogP) is 4.41. The van der Waals surface area contributed by atoms with Crippen LogP contribution in [-0.2, 0) is 0 Å². The molecule has 0 aromatic carbocycles. The van der Waals surface area contributed by atoms with Crippen molar-refractivity contribution in [2.24, 2.45) is 0 Å². The Hall–Kier alpha value is 0.0100. The van der Waals surface area contributed by atoms with Crippen molar-refractivity contribution in [3.8, 4) is 0 Å². The number of unbranched alkanes of at least 4 members (excludes halogenated alkanes) is 9. The van der Waals surface area contributed by atoms with Gasteiger partial charge in [0.25, 0.3) is 0 Å². The fourth-order valence-corrected chi connectivity index (χ4v) is 2.58. The highest BCUT2D eigenvalue weighted by molar-refractivity contribution is 7.80. The highest BCUT2D eigenvalue weighted by Crippen LogP contribution is 2.12. The summed E-state index contributed by atoms with van der Waals surface area (Å²) in [6.45, 7) is 2.07. The van der Waals surface area contributed by atoms with Gasteiger partial charge in [-0.1, -0.05) is 76.9 Å². The first kappa shape index (κ1) is 19.0. The molecule has 2 nitrogen and oxygen atoms in total. The Kier molecular flexibility index (Phi) is 14.4. The van der Waals surface area contributed by atoms with Gasteiger partial charge in [0.15, 0.2) is 0 Å². The van der Waals surface area contributed by atoms with E-state index < -0.39 is 6.10 Å². The Morgan fingerprint density at radius 2 is 1.37 bits per heavy atom. The average molecular weight is 288 g/mol. The second kappa shape index (κ2) is 14.4. The number of hydrogen-bond acceptors (Lipinski definition) is 3. The van der Waals surface area contributed by atoms with Crippen LogP contribution >= 0.6 is 12.2 Å². The molecule has 0 saturated carbocycles. The van der Waals surface area contributed by atoms with Crippen molar-refractivity contribution in [3.05, 3.63) is 0 Å².